The van der Waals surface area contributed by atoms with E-state index in [0.717, 1.165) is 0 Å². The molecule has 114 valence electrons. The maximum absolute atomic E-state index is 12.1. The highest BCUT2D eigenvalue weighted by molar-refractivity contribution is 6.74. The average molecular weight is 305 g/mol. The first-order chi connectivity index (χ1) is 9.62. The van der Waals surface area contributed by atoms with Crippen molar-refractivity contribution in [3.8, 4) is 6.07 Å². The maximum atomic E-state index is 12.1. The topological polar surface area (TPSA) is 59.3 Å². The van der Waals surface area contributed by atoms with Gasteiger partial charge in [-0.3, -0.25) is 0 Å². The summed E-state index contributed by atoms with van der Waals surface area (Å²) in [6, 6.07) is 8.91. The van der Waals surface area contributed by atoms with E-state index in [-0.39, 0.29) is 5.04 Å². The van der Waals surface area contributed by atoms with Gasteiger partial charge in [0, 0.05) is 0 Å². The predicted molar refractivity (Wildman–Crippen MR) is 84.2 cm³/mol. The third-order valence-corrected chi connectivity index (χ3v) is 8.41. The Labute approximate surface area is 127 Å². The fraction of sp³-hybridized carbons (Fsp3) is 0.500. The Kier molecular flexibility index (Phi) is 5.32. The van der Waals surface area contributed by atoms with Crippen LogP contribution in [0, 0.1) is 11.3 Å². The number of nitrogens with zero attached hydrogens (tertiary/aromatic N) is 1. The number of methoxy groups -OCH3 is 1. The van der Waals surface area contributed by atoms with Gasteiger partial charge in [0.1, 0.15) is 0 Å². The summed E-state index contributed by atoms with van der Waals surface area (Å²) in [4.78, 5) is 12.1. The molecule has 1 atom stereocenters. The zero-order valence-corrected chi connectivity index (χ0v) is 14.6. The molecule has 0 saturated heterocycles. The summed E-state index contributed by atoms with van der Waals surface area (Å²) in [5.74, 6) is -0.412. The smallest absolute Gasteiger partial charge is 0.338 e. The third kappa shape index (κ3) is 4.16. The van der Waals surface area contributed by atoms with Crippen molar-refractivity contribution in [2.24, 2.45) is 0 Å². The number of benzene rings is 1. The summed E-state index contributed by atoms with van der Waals surface area (Å²) < 4.78 is 11.1. The van der Waals surface area contributed by atoms with Gasteiger partial charge in [-0.15, -0.1) is 0 Å². The standard InChI is InChI=1S/C16H23NO3Si/c1-16(2,3)21(5,6)20-14(15(18)19-4)13-9-7-12(11-17)8-10-13/h7-10,14H,1-6H3. The Bertz CT molecular complexity index is 538. The summed E-state index contributed by atoms with van der Waals surface area (Å²) in [5.41, 5.74) is 1.26. The molecule has 4 nitrogen and oxygen atoms in total. The lowest BCUT2D eigenvalue weighted by molar-refractivity contribution is -0.149. The molecule has 1 aromatic carbocycles. The molecule has 1 aromatic rings. The van der Waals surface area contributed by atoms with Crippen molar-refractivity contribution >= 4 is 14.3 Å². The van der Waals surface area contributed by atoms with Crippen LogP contribution in [0.4, 0.5) is 0 Å². The van der Waals surface area contributed by atoms with Crippen LogP contribution in [0.25, 0.3) is 0 Å². The van der Waals surface area contributed by atoms with Crippen molar-refractivity contribution in [3.63, 3.8) is 0 Å². The monoisotopic (exact) mass is 305 g/mol. The number of ether oxygens (including phenoxy) is 1. The Morgan fingerprint density at radius 3 is 2.14 bits per heavy atom. The van der Waals surface area contributed by atoms with Crippen LogP contribution in [-0.4, -0.2) is 21.4 Å². The zero-order chi connectivity index (χ0) is 16.3. The fourth-order valence-electron chi connectivity index (χ4n) is 1.56. The summed E-state index contributed by atoms with van der Waals surface area (Å²) in [5, 5.41) is 8.84. The van der Waals surface area contributed by atoms with Crippen molar-refractivity contribution in [2.45, 2.75) is 45.0 Å². The fourth-order valence-corrected chi connectivity index (χ4v) is 2.74. The summed E-state index contributed by atoms with van der Waals surface area (Å²) in [7, 11) is -0.762. The summed E-state index contributed by atoms with van der Waals surface area (Å²) in [6.07, 6.45) is -0.747. The van der Waals surface area contributed by atoms with Crippen LogP contribution < -0.4 is 0 Å². The number of hydrogen-bond donors (Lipinski definition) is 0. The molecule has 21 heavy (non-hydrogen) atoms. The van der Waals surface area contributed by atoms with Crippen molar-refractivity contribution in [1.82, 2.24) is 0 Å². The average Bonchev–Trinajstić information content (AvgIpc) is 2.43. The summed E-state index contributed by atoms with van der Waals surface area (Å²) >= 11 is 0. The molecule has 0 aliphatic heterocycles. The van der Waals surface area contributed by atoms with Gasteiger partial charge in [0.25, 0.3) is 0 Å². The van der Waals surface area contributed by atoms with Gasteiger partial charge in [-0.1, -0.05) is 32.9 Å². The lowest BCUT2D eigenvalue weighted by atomic mass is 10.1. The van der Waals surface area contributed by atoms with Gasteiger partial charge in [-0.25, -0.2) is 4.79 Å². The lowest BCUT2D eigenvalue weighted by Crippen LogP contribution is -2.43. The predicted octanol–water partition coefficient (Wildman–Crippen LogP) is 3.79. The molecular weight excluding hydrogens is 282 g/mol. The second kappa shape index (κ2) is 6.42. The molecule has 0 spiro atoms. The zero-order valence-electron chi connectivity index (χ0n) is 13.6. The summed E-state index contributed by atoms with van der Waals surface area (Å²) in [6.45, 7) is 10.5. The molecule has 0 fully saturated rings. The van der Waals surface area contributed by atoms with Crippen molar-refractivity contribution in [1.29, 1.82) is 5.26 Å². The van der Waals surface area contributed by atoms with E-state index < -0.39 is 20.4 Å². The minimum absolute atomic E-state index is 0.00807. The van der Waals surface area contributed by atoms with Gasteiger partial charge in [-0.2, -0.15) is 5.26 Å². The van der Waals surface area contributed by atoms with Crippen LogP contribution in [0.5, 0.6) is 0 Å². The molecule has 0 aliphatic carbocycles. The number of carbonyl (C=O) groups excluding carboxylic acids is 1. The molecule has 0 aromatic heterocycles. The molecule has 0 amide bonds. The molecule has 0 N–H and O–H groups in total. The second-order valence-corrected chi connectivity index (χ2v) is 11.3. The largest absolute Gasteiger partial charge is 0.467 e. The van der Waals surface area contributed by atoms with Gasteiger partial charge in [0.05, 0.1) is 18.7 Å². The van der Waals surface area contributed by atoms with Crippen LogP contribution in [-0.2, 0) is 14.0 Å². The Morgan fingerprint density at radius 2 is 1.76 bits per heavy atom. The van der Waals surface area contributed by atoms with E-state index in [1.165, 1.54) is 7.11 Å². The number of nitriles is 1. The van der Waals surface area contributed by atoms with Gasteiger partial charge in [-0.05, 0) is 35.8 Å². The SMILES string of the molecule is COC(=O)C(O[Si](C)(C)C(C)(C)C)c1ccc(C#N)cc1. The van der Waals surface area contributed by atoms with Crippen molar-refractivity contribution in [2.75, 3.05) is 7.11 Å². The van der Waals surface area contributed by atoms with Crippen molar-refractivity contribution in [3.05, 3.63) is 35.4 Å². The molecule has 0 heterocycles. The third-order valence-electron chi connectivity index (χ3n) is 3.98. The lowest BCUT2D eigenvalue weighted by Gasteiger charge is -2.38. The minimum Gasteiger partial charge on any atom is -0.467 e. The van der Waals surface area contributed by atoms with Gasteiger partial charge in [0.2, 0.25) is 0 Å². The second-order valence-electron chi connectivity index (χ2n) is 6.52. The van der Waals surface area contributed by atoms with Crippen LogP contribution >= 0.6 is 0 Å². The van der Waals surface area contributed by atoms with Crippen LogP contribution in [0.1, 0.15) is 38.0 Å². The number of rotatable bonds is 4. The first-order valence-electron chi connectivity index (χ1n) is 6.88. The normalized spacial score (nSPS) is 13.4. The Balaban J connectivity index is 3.12. The van der Waals surface area contributed by atoms with E-state index in [1.807, 2.05) is 0 Å². The highest BCUT2D eigenvalue weighted by atomic mass is 28.4. The molecule has 1 rings (SSSR count). The Morgan fingerprint density at radius 1 is 1.24 bits per heavy atom. The van der Waals surface area contributed by atoms with Crippen molar-refractivity contribution < 1.29 is 14.0 Å². The van der Waals surface area contributed by atoms with E-state index in [2.05, 4.69) is 39.9 Å². The highest BCUT2D eigenvalue weighted by Gasteiger charge is 2.41. The number of esters is 1. The molecule has 0 aliphatic rings. The maximum Gasteiger partial charge on any atom is 0.338 e. The van der Waals surface area contributed by atoms with Gasteiger partial charge >= 0.3 is 5.97 Å². The number of hydrogen-bond acceptors (Lipinski definition) is 4. The molecule has 0 bridgehead atoms. The molecular formula is C16H23NO3Si. The molecule has 5 heteroatoms. The van der Waals surface area contributed by atoms with E-state index in [9.17, 15) is 4.79 Å². The van der Waals surface area contributed by atoms with E-state index >= 15 is 0 Å². The first-order valence-corrected chi connectivity index (χ1v) is 9.79. The number of carbonyl (C=O) groups is 1. The Hall–Kier alpha value is -1.64. The molecule has 1 unspecified atom stereocenters. The van der Waals surface area contributed by atoms with E-state index in [0.29, 0.717) is 11.1 Å². The van der Waals surface area contributed by atoms with E-state index in [4.69, 9.17) is 14.4 Å². The van der Waals surface area contributed by atoms with Crippen LogP contribution in [0.3, 0.4) is 0 Å². The highest BCUT2D eigenvalue weighted by Crippen LogP contribution is 2.40. The van der Waals surface area contributed by atoms with Gasteiger partial charge in [0.15, 0.2) is 14.4 Å². The molecule has 0 radical (unpaired) electrons. The van der Waals surface area contributed by atoms with Gasteiger partial charge < -0.3 is 9.16 Å². The molecule has 0 saturated carbocycles. The van der Waals surface area contributed by atoms with Crippen LogP contribution in [0.2, 0.25) is 18.1 Å². The quantitative estimate of drug-likeness (QED) is 0.627. The minimum atomic E-state index is -2.12. The van der Waals surface area contributed by atoms with E-state index in [1.54, 1.807) is 24.3 Å². The first kappa shape index (κ1) is 17.4. The van der Waals surface area contributed by atoms with Crippen LogP contribution in [0.15, 0.2) is 24.3 Å².